The Hall–Kier alpha value is -2.41. The second-order valence-corrected chi connectivity index (χ2v) is 9.18. The molecule has 1 atom stereocenters. The first-order valence-corrected chi connectivity index (χ1v) is 11.1. The molecule has 3 aromatic carbocycles. The van der Waals surface area contributed by atoms with Crippen LogP contribution in [0.4, 0.5) is 0 Å². The van der Waals surface area contributed by atoms with Crippen molar-refractivity contribution in [3.05, 3.63) is 96.1 Å². The minimum atomic E-state index is -3.75. The second-order valence-electron chi connectivity index (χ2n) is 6.33. The van der Waals surface area contributed by atoms with Crippen molar-refractivity contribution in [3.63, 3.8) is 0 Å². The van der Waals surface area contributed by atoms with Crippen LogP contribution in [-0.2, 0) is 14.8 Å². The molecule has 0 amide bonds. The molecule has 3 rings (SSSR count). The Kier molecular flexibility index (Phi) is 6.67. The summed E-state index contributed by atoms with van der Waals surface area (Å²) in [6, 6.07) is 24.4. The van der Waals surface area contributed by atoms with Gasteiger partial charge < -0.3 is 0 Å². The summed E-state index contributed by atoms with van der Waals surface area (Å²) in [5.74, 6) is 0. The fourth-order valence-electron chi connectivity index (χ4n) is 2.88. The van der Waals surface area contributed by atoms with E-state index in [9.17, 15) is 13.2 Å². The summed E-state index contributed by atoms with van der Waals surface area (Å²) in [7, 11) is -3.75. The summed E-state index contributed by atoms with van der Waals surface area (Å²) >= 11 is 1.12. The average molecular weight is 412 g/mol. The maximum atomic E-state index is 12.8. The molecule has 3 aromatic rings. The third-order valence-corrected chi connectivity index (χ3v) is 6.65. The van der Waals surface area contributed by atoms with Crippen LogP contribution < -0.4 is 4.72 Å². The van der Waals surface area contributed by atoms with E-state index in [-0.39, 0.29) is 16.4 Å². The molecule has 1 unspecified atom stereocenters. The van der Waals surface area contributed by atoms with Gasteiger partial charge in [0.25, 0.3) is 0 Å². The molecule has 0 aliphatic rings. The van der Waals surface area contributed by atoms with Crippen LogP contribution in [0.25, 0.3) is 0 Å². The van der Waals surface area contributed by atoms with Crippen LogP contribution in [-0.4, -0.2) is 13.5 Å². The van der Waals surface area contributed by atoms with E-state index in [0.717, 1.165) is 27.8 Å². The van der Waals surface area contributed by atoms with Gasteiger partial charge in [-0.25, -0.2) is 13.1 Å². The number of hydrogen-bond donors (Lipinski definition) is 1. The molecule has 0 heterocycles. The van der Waals surface area contributed by atoms with Gasteiger partial charge in [0.15, 0.2) is 5.12 Å². The zero-order valence-electron chi connectivity index (χ0n) is 15.4. The first-order valence-electron chi connectivity index (χ1n) is 8.84. The van der Waals surface area contributed by atoms with Crippen LogP contribution in [0, 0.1) is 6.92 Å². The predicted octanol–water partition coefficient (Wildman–Crippen LogP) is 4.72. The summed E-state index contributed by atoms with van der Waals surface area (Å²) in [6.07, 6.45) is 0.0521. The number of benzene rings is 3. The highest BCUT2D eigenvalue weighted by atomic mass is 32.2. The summed E-state index contributed by atoms with van der Waals surface area (Å²) in [5.41, 5.74) is 1.73. The molecule has 6 heteroatoms. The zero-order valence-corrected chi connectivity index (χ0v) is 17.0. The molecule has 4 nitrogen and oxygen atoms in total. The zero-order chi connectivity index (χ0) is 20.0. The van der Waals surface area contributed by atoms with Crippen LogP contribution >= 0.6 is 11.8 Å². The van der Waals surface area contributed by atoms with Crippen molar-refractivity contribution >= 4 is 26.9 Å². The first-order chi connectivity index (χ1) is 13.5. The van der Waals surface area contributed by atoms with Crippen LogP contribution in [0.2, 0.25) is 0 Å². The van der Waals surface area contributed by atoms with Crippen molar-refractivity contribution in [3.8, 4) is 0 Å². The smallest absolute Gasteiger partial charge is 0.241 e. The Morgan fingerprint density at radius 2 is 1.46 bits per heavy atom. The topological polar surface area (TPSA) is 63.2 Å². The number of sulfonamides is 1. The molecule has 0 aliphatic heterocycles. The van der Waals surface area contributed by atoms with Gasteiger partial charge in [0.2, 0.25) is 10.0 Å². The summed E-state index contributed by atoms with van der Waals surface area (Å²) in [5, 5.41) is -0.102. The van der Waals surface area contributed by atoms with Crippen molar-refractivity contribution in [1.82, 2.24) is 4.72 Å². The average Bonchev–Trinajstić information content (AvgIpc) is 2.69. The van der Waals surface area contributed by atoms with E-state index in [0.29, 0.717) is 0 Å². The van der Waals surface area contributed by atoms with E-state index in [1.807, 2.05) is 61.5 Å². The molecule has 0 aliphatic carbocycles. The second kappa shape index (κ2) is 9.19. The van der Waals surface area contributed by atoms with Crippen molar-refractivity contribution in [2.45, 2.75) is 29.2 Å². The minimum absolute atomic E-state index is 0.0521. The lowest BCUT2D eigenvalue weighted by molar-refractivity contribution is -0.111. The number of rotatable bonds is 7. The number of carbonyl (C=O) groups excluding carboxylic acids is 1. The van der Waals surface area contributed by atoms with Gasteiger partial charge >= 0.3 is 0 Å². The van der Waals surface area contributed by atoms with Gasteiger partial charge in [-0.2, -0.15) is 0 Å². The van der Waals surface area contributed by atoms with Crippen molar-refractivity contribution in [2.75, 3.05) is 0 Å². The standard InChI is InChI=1S/C22H21NO3S2/c1-17-10-8-9-15-20(17)21(16-22(24)27-18-11-4-2-5-12-18)23-28(25,26)19-13-6-3-7-14-19/h2-15,21,23H,16H2,1H3. The van der Waals surface area contributed by atoms with Gasteiger partial charge in [0.05, 0.1) is 10.9 Å². The maximum absolute atomic E-state index is 12.8. The lowest BCUT2D eigenvalue weighted by atomic mass is 10.0. The van der Waals surface area contributed by atoms with Gasteiger partial charge in [-0.15, -0.1) is 0 Å². The Balaban J connectivity index is 1.86. The third kappa shape index (κ3) is 5.32. The molecule has 0 aromatic heterocycles. The van der Waals surface area contributed by atoms with Crippen LogP contribution in [0.15, 0.2) is 94.7 Å². The SMILES string of the molecule is Cc1ccccc1C(CC(=O)Sc1ccccc1)NS(=O)(=O)c1ccccc1. The predicted molar refractivity (Wildman–Crippen MR) is 113 cm³/mol. The van der Waals surface area contributed by atoms with Crippen molar-refractivity contribution in [2.24, 2.45) is 0 Å². The molecule has 0 saturated carbocycles. The molecular weight excluding hydrogens is 390 g/mol. The van der Waals surface area contributed by atoms with Gasteiger partial charge in [0.1, 0.15) is 0 Å². The summed E-state index contributed by atoms with van der Waals surface area (Å²) in [4.78, 5) is 13.7. The number of nitrogens with one attached hydrogen (secondary N) is 1. The highest BCUT2D eigenvalue weighted by Gasteiger charge is 2.25. The highest BCUT2D eigenvalue weighted by Crippen LogP contribution is 2.28. The minimum Gasteiger partial charge on any atom is -0.287 e. The van der Waals surface area contributed by atoms with Crippen molar-refractivity contribution in [1.29, 1.82) is 0 Å². The van der Waals surface area contributed by atoms with Crippen LogP contribution in [0.3, 0.4) is 0 Å². The lowest BCUT2D eigenvalue weighted by Gasteiger charge is -2.20. The Morgan fingerprint density at radius 3 is 2.11 bits per heavy atom. The fourth-order valence-corrected chi connectivity index (χ4v) is 4.92. The Labute approximate surface area is 170 Å². The van der Waals surface area contributed by atoms with E-state index in [1.165, 1.54) is 12.1 Å². The molecule has 144 valence electrons. The van der Waals surface area contributed by atoms with E-state index >= 15 is 0 Å². The van der Waals surface area contributed by atoms with E-state index < -0.39 is 16.1 Å². The molecule has 1 N–H and O–H groups in total. The normalized spacial score (nSPS) is 12.5. The first kappa shape index (κ1) is 20.3. The molecule has 0 bridgehead atoms. The quantitative estimate of drug-likeness (QED) is 0.571. The molecule has 28 heavy (non-hydrogen) atoms. The van der Waals surface area contributed by atoms with E-state index in [1.54, 1.807) is 18.2 Å². The van der Waals surface area contributed by atoms with Crippen LogP contribution in [0.1, 0.15) is 23.6 Å². The van der Waals surface area contributed by atoms with Gasteiger partial charge in [-0.05, 0) is 42.3 Å². The lowest BCUT2D eigenvalue weighted by Crippen LogP contribution is -2.30. The van der Waals surface area contributed by atoms with E-state index in [2.05, 4.69) is 4.72 Å². The third-order valence-electron chi connectivity index (χ3n) is 4.26. The highest BCUT2D eigenvalue weighted by molar-refractivity contribution is 8.13. The van der Waals surface area contributed by atoms with Crippen LogP contribution in [0.5, 0.6) is 0 Å². The fraction of sp³-hybridized carbons (Fsp3) is 0.136. The maximum Gasteiger partial charge on any atom is 0.241 e. The molecule has 0 fully saturated rings. The largest absolute Gasteiger partial charge is 0.287 e. The number of aryl methyl sites for hydroxylation is 1. The monoisotopic (exact) mass is 411 g/mol. The van der Waals surface area contributed by atoms with Crippen molar-refractivity contribution < 1.29 is 13.2 Å². The summed E-state index contributed by atoms with van der Waals surface area (Å²) in [6.45, 7) is 1.91. The van der Waals surface area contributed by atoms with E-state index in [4.69, 9.17) is 0 Å². The summed E-state index contributed by atoms with van der Waals surface area (Å²) < 4.78 is 28.4. The number of thioether (sulfide) groups is 1. The Morgan fingerprint density at radius 1 is 0.893 bits per heavy atom. The molecule has 0 spiro atoms. The molecule has 0 radical (unpaired) electrons. The number of hydrogen-bond acceptors (Lipinski definition) is 4. The molecule has 0 saturated heterocycles. The van der Waals surface area contributed by atoms with Gasteiger partial charge in [-0.1, -0.05) is 72.4 Å². The Bertz CT molecular complexity index is 1040. The molecular formula is C22H21NO3S2. The van der Waals surface area contributed by atoms with Gasteiger partial charge in [-0.3, -0.25) is 4.79 Å². The van der Waals surface area contributed by atoms with Gasteiger partial charge in [0, 0.05) is 11.3 Å². The number of carbonyl (C=O) groups is 1.